The van der Waals surface area contributed by atoms with Crippen LogP contribution in [0.1, 0.15) is 56.9 Å². The third-order valence-electron chi connectivity index (χ3n) is 7.78. The first-order valence-corrected chi connectivity index (χ1v) is 15.6. The van der Waals surface area contributed by atoms with Crippen molar-refractivity contribution in [1.29, 1.82) is 0 Å². The summed E-state index contributed by atoms with van der Waals surface area (Å²) in [7, 11) is 0. The van der Waals surface area contributed by atoms with E-state index in [4.69, 9.17) is 22.9 Å². The van der Waals surface area contributed by atoms with Crippen LogP contribution in [0, 0.1) is 0 Å². The molecule has 2 aliphatic heterocycles. The number of aliphatic imine (C=N–C) groups is 2. The van der Waals surface area contributed by atoms with Gasteiger partial charge in [-0.05, 0) is 54.9 Å². The number of fused-ring (bicyclic) bond motifs is 2. The Labute approximate surface area is 247 Å². The summed E-state index contributed by atoms with van der Waals surface area (Å²) in [5.41, 5.74) is 23.0. The summed E-state index contributed by atoms with van der Waals surface area (Å²) in [6, 6.07) is 14.5. The van der Waals surface area contributed by atoms with Gasteiger partial charge in [0.25, 0.3) is 0 Å². The van der Waals surface area contributed by atoms with Gasteiger partial charge in [-0.15, -0.1) is 11.8 Å². The molecule has 10 nitrogen and oxygen atoms in total. The van der Waals surface area contributed by atoms with E-state index in [1.54, 1.807) is 0 Å². The molecule has 2 aromatic carbocycles. The predicted molar refractivity (Wildman–Crippen MR) is 168 cm³/mol. The molecule has 11 heteroatoms. The van der Waals surface area contributed by atoms with Gasteiger partial charge in [0.2, 0.25) is 11.8 Å². The number of hydrogen-bond donors (Lipinski definition) is 4. The van der Waals surface area contributed by atoms with Gasteiger partial charge in [0.1, 0.15) is 6.04 Å². The van der Waals surface area contributed by atoms with Crippen LogP contribution >= 0.6 is 11.8 Å². The second kappa shape index (κ2) is 15.0. The van der Waals surface area contributed by atoms with Gasteiger partial charge in [-0.25, -0.2) is 0 Å². The maximum absolute atomic E-state index is 13.7. The highest BCUT2D eigenvalue weighted by atomic mass is 32.2. The molecule has 222 valence electrons. The lowest BCUT2D eigenvalue weighted by Crippen LogP contribution is -2.64. The number of rotatable bonds is 14. The average Bonchev–Trinajstić information content (AvgIpc) is 2.94. The highest BCUT2D eigenvalue weighted by Gasteiger charge is 2.46. The van der Waals surface area contributed by atoms with Crippen LogP contribution in [0.5, 0.6) is 0 Å². The number of aryl methyl sites for hydroxylation is 1. The second-order valence-electron chi connectivity index (χ2n) is 10.9. The van der Waals surface area contributed by atoms with Crippen LogP contribution in [0.15, 0.2) is 52.4 Å². The van der Waals surface area contributed by atoms with Crippen molar-refractivity contribution in [2.75, 3.05) is 26.2 Å². The number of guanidine groups is 2. The van der Waals surface area contributed by atoms with Gasteiger partial charge in [0, 0.05) is 31.3 Å². The summed E-state index contributed by atoms with van der Waals surface area (Å²) in [5.74, 6) is 0.283. The molecule has 0 saturated carbocycles. The Hall–Kier alpha value is -3.47. The minimum Gasteiger partial charge on any atom is -0.370 e. The Kier molecular flexibility index (Phi) is 11.1. The highest BCUT2D eigenvalue weighted by molar-refractivity contribution is 8.00. The third-order valence-corrected chi connectivity index (χ3v) is 9.25. The number of amides is 2. The van der Waals surface area contributed by atoms with Crippen LogP contribution in [-0.2, 0) is 16.0 Å². The quantitative estimate of drug-likeness (QED) is 0.151. The molecule has 2 fully saturated rings. The summed E-state index contributed by atoms with van der Waals surface area (Å²) in [6.07, 6.45) is 7.35. The summed E-state index contributed by atoms with van der Waals surface area (Å²) in [4.78, 5) is 39.0. The molecule has 8 N–H and O–H groups in total. The van der Waals surface area contributed by atoms with E-state index in [-0.39, 0.29) is 34.4 Å². The first kappa shape index (κ1) is 30.5. The number of nitrogens with zero attached hydrogens (tertiary/aromatic N) is 4. The standard InChI is InChI=1S/C30H44N8O2S/c31-29(32)35-15-5-1-2-11-24-19-26(39)38-25(12-6-16-36-30(33)34)28(40)37(20-27(38)41-24)17-7-8-21-13-14-22-9-3-4-10-23(22)18-21/h3-4,9-10,13-14,18,24-25,27H,1-2,5-8,11-12,15-17,19-20H2,(H4,31,32,35)(H4,33,34,36)/t24-,25+,27-/m1/s1. The minimum absolute atomic E-state index is 0.0330. The Balaban J connectivity index is 1.37. The largest absolute Gasteiger partial charge is 0.370 e. The van der Waals surface area contributed by atoms with E-state index in [0.29, 0.717) is 45.4 Å². The number of benzene rings is 2. The summed E-state index contributed by atoms with van der Waals surface area (Å²) in [6.45, 7) is 2.31. The number of hydrogen-bond acceptors (Lipinski definition) is 5. The average molecular weight is 581 g/mol. The summed E-state index contributed by atoms with van der Waals surface area (Å²) >= 11 is 1.85. The van der Waals surface area contributed by atoms with E-state index >= 15 is 0 Å². The molecule has 4 rings (SSSR count). The number of nitrogens with two attached hydrogens (primary N) is 4. The van der Waals surface area contributed by atoms with Gasteiger partial charge < -0.3 is 32.7 Å². The highest BCUT2D eigenvalue weighted by Crippen LogP contribution is 2.38. The van der Waals surface area contributed by atoms with E-state index in [1.165, 1.54) is 16.3 Å². The lowest BCUT2D eigenvalue weighted by Gasteiger charge is -2.49. The van der Waals surface area contributed by atoms with Crippen LogP contribution in [0.2, 0.25) is 0 Å². The van der Waals surface area contributed by atoms with Gasteiger partial charge in [-0.1, -0.05) is 55.3 Å². The zero-order valence-electron chi connectivity index (χ0n) is 23.8. The van der Waals surface area contributed by atoms with Crippen LogP contribution in [-0.4, -0.2) is 76.4 Å². The molecule has 3 atom stereocenters. The smallest absolute Gasteiger partial charge is 0.245 e. The van der Waals surface area contributed by atoms with E-state index in [9.17, 15) is 9.59 Å². The lowest BCUT2D eigenvalue weighted by atomic mass is 10.0. The van der Waals surface area contributed by atoms with Crippen molar-refractivity contribution in [3.8, 4) is 0 Å². The predicted octanol–water partition coefficient (Wildman–Crippen LogP) is 2.53. The Morgan fingerprint density at radius 1 is 0.854 bits per heavy atom. The normalized spacial score (nSPS) is 20.6. The van der Waals surface area contributed by atoms with Gasteiger partial charge in [-0.2, -0.15) is 0 Å². The first-order valence-electron chi connectivity index (χ1n) is 14.7. The Bertz CT molecular complexity index is 1240. The van der Waals surface area contributed by atoms with Crippen LogP contribution in [0.25, 0.3) is 10.8 Å². The second-order valence-corrected chi connectivity index (χ2v) is 12.4. The molecule has 0 spiro atoms. The maximum atomic E-state index is 13.7. The van der Waals surface area contributed by atoms with Crippen LogP contribution in [0.4, 0.5) is 0 Å². The zero-order chi connectivity index (χ0) is 29.2. The minimum atomic E-state index is -0.468. The van der Waals surface area contributed by atoms with Crippen molar-refractivity contribution in [2.45, 2.75) is 74.5 Å². The number of thioether (sulfide) groups is 1. The SMILES string of the molecule is NC(N)=NCCCCC[C@@H]1CC(=O)N2[C@@H](CN(CCCc3ccc4ccccc4c3)C(=O)[C@@H]2CCCN=C(N)N)S1. The van der Waals surface area contributed by atoms with E-state index in [2.05, 4.69) is 52.4 Å². The fraction of sp³-hybridized carbons (Fsp3) is 0.533. The molecular formula is C30H44N8O2S. The molecule has 0 bridgehead atoms. The van der Waals surface area contributed by atoms with Crippen molar-refractivity contribution >= 4 is 46.3 Å². The zero-order valence-corrected chi connectivity index (χ0v) is 24.6. The van der Waals surface area contributed by atoms with Crippen molar-refractivity contribution in [2.24, 2.45) is 32.9 Å². The first-order chi connectivity index (χ1) is 19.8. The topological polar surface area (TPSA) is 169 Å². The van der Waals surface area contributed by atoms with E-state index in [1.807, 2.05) is 21.6 Å². The summed E-state index contributed by atoms with van der Waals surface area (Å²) in [5, 5.41) is 2.68. The molecule has 41 heavy (non-hydrogen) atoms. The van der Waals surface area contributed by atoms with Crippen LogP contribution < -0.4 is 22.9 Å². The lowest BCUT2D eigenvalue weighted by molar-refractivity contribution is -0.153. The number of unbranched alkanes of at least 4 members (excludes halogenated alkanes) is 2. The molecule has 2 aliphatic rings. The van der Waals surface area contributed by atoms with Gasteiger partial charge in [0.15, 0.2) is 11.9 Å². The van der Waals surface area contributed by atoms with Crippen molar-refractivity contribution in [3.05, 3.63) is 48.0 Å². The van der Waals surface area contributed by atoms with Crippen molar-refractivity contribution in [1.82, 2.24) is 9.80 Å². The molecule has 2 amide bonds. The van der Waals surface area contributed by atoms with Crippen LogP contribution in [0.3, 0.4) is 0 Å². The third kappa shape index (κ3) is 8.76. The van der Waals surface area contributed by atoms with Gasteiger partial charge in [-0.3, -0.25) is 19.6 Å². The number of carbonyl (C=O) groups excluding carboxylic acids is 2. The molecule has 0 radical (unpaired) electrons. The fourth-order valence-electron chi connectivity index (χ4n) is 5.77. The monoisotopic (exact) mass is 580 g/mol. The molecule has 2 heterocycles. The molecule has 2 aromatic rings. The molecule has 0 aliphatic carbocycles. The summed E-state index contributed by atoms with van der Waals surface area (Å²) < 4.78 is 0. The molecule has 0 unspecified atom stereocenters. The number of piperazine rings is 1. The fourth-order valence-corrected chi connectivity index (χ4v) is 7.42. The van der Waals surface area contributed by atoms with E-state index in [0.717, 1.165) is 38.5 Å². The maximum Gasteiger partial charge on any atom is 0.245 e. The Morgan fingerprint density at radius 2 is 1.59 bits per heavy atom. The van der Waals surface area contributed by atoms with Crippen molar-refractivity contribution < 1.29 is 9.59 Å². The Morgan fingerprint density at radius 3 is 2.34 bits per heavy atom. The molecular weight excluding hydrogens is 536 g/mol. The van der Waals surface area contributed by atoms with Gasteiger partial charge in [0.05, 0.1) is 11.9 Å². The van der Waals surface area contributed by atoms with Crippen molar-refractivity contribution in [3.63, 3.8) is 0 Å². The number of carbonyl (C=O) groups is 2. The molecule has 0 aromatic heterocycles. The van der Waals surface area contributed by atoms with E-state index < -0.39 is 6.04 Å². The van der Waals surface area contributed by atoms with Gasteiger partial charge >= 0.3 is 0 Å². The molecule has 2 saturated heterocycles.